The second kappa shape index (κ2) is 4.47. The molecule has 2 saturated carbocycles. The van der Waals surface area contributed by atoms with Gasteiger partial charge in [-0.05, 0) is 43.4 Å². The molecule has 3 rings (SSSR count). The van der Waals surface area contributed by atoms with Crippen molar-refractivity contribution in [3.05, 3.63) is 12.2 Å². The molecule has 0 radical (unpaired) electrons. The van der Waals surface area contributed by atoms with E-state index in [1.54, 1.807) is 0 Å². The van der Waals surface area contributed by atoms with Crippen LogP contribution in [-0.2, 0) is 4.79 Å². The quantitative estimate of drug-likeness (QED) is 0.730. The van der Waals surface area contributed by atoms with Gasteiger partial charge in [-0.2, -0.15) is 0 Å². The van der Waals surface area contributed by atoms with Gasteiger partial charge in [-0.15, -0.1) is 0 Å². The molecule has 17 heavy (non-hydrogen) atoms. The number of rotatable bonds is 2. The van der Waals surface area contributed by atoms with E-state index in [0.717, 1.165) is 6.42 Å². The first-order valence-electron chi connectivity index (χ1n) is 7.22. The third kappa shape index (κ3) is 2.14. The SMILES string of the molecule is CC1CCCCC1NC(=O)C1CC2C=CC1C2. The molecule has 2 fully saturated rings. The van der Waals surface area contributed by atoms with Crippen molar-refractivity contribution in [3.8, 4) is 0 Å². The Morgan fingerprint density at radius 1 is 1.18 bits per heavy atom. The molecule has 1 amide bonds. The van der Waals surface area contributed by atoms with E-state index < -0.39 is 0 Å². The zero-order chi connectivity index (χ0) is 11.8. The van der Waals surface area contributed by atoms with Gasteiger partial charge >= 0.3 is 0 Å². The van der Waals surface area contributed by atoms with Crippen LogP contribution in [0, 0.1) is 23.7 Å². The fraction of sp³-hybridized carbons (Fsp3) is 0.800. The van der Waals surface area contributed by atoms with Crippen LogP contribution >= 0.6 is 0 Å². The van der Waals surface area contributed by atoms with E-state index in [0.29, 0.717) is 29.7 Å². The van der Waals surface area contributed by atoms with Crippen molar-refractivity contribution < 1.29 is 4.79 Å². The highest BCUT2D eigenvalue weighted by atomic mass is 16.2. The van der Waals surface area contributed by atoms with Crippen LogP contribution < -0.4 is 5.32 Å². The first-order valence-corrected chi connectivity index (χ1v) is 7.22. The van der Waals surface area contributed by atoms with Gasteiger partial charge < -0.3 is 5.32 Å². The second-order valence-electron chi connectivity index (χ2n) is 6.26. The van der Waals surface area contributed by atoms with Crippen molar-refractivity contribution >= 4 is 5.91 Å². The minimum absolute atomic E-state index is 0.277. The zero-order valence-electron chi connectivity index (χ0n) is 10.7. The topological polar surface area (TPSA) is 29.1 Å². The van der Waals surface area contributed by atoms with Crippen LogP contribution in [0.5, 0.6) is 0 Å². The minimum Gasteiger partial charge on any atom is -0.353 e. The van der Waals surface area contributed by atoms with Crippen LogP contribution in [0.2, 0.25) is 0 Å². The fourth-order valence-electron chi connectivity index (χ4n) is 3.90. The molecule has 2 bridgehead atoms. The lowest BCUT2D eigenvalue weighted by molar-refractivity contribution is -0.127. The Morgan fingerprint density at radius 3 is 2.65 bits per heavy atom. The highest BCUT2D eigenvalue weighted by molar-refractivity contribution is 5.80. The average molecular weight is 233 g/mol. The Bertz CT molecular complexity index is 336. The summed E-state index contributed by atoms with van der Waals surface area (Å²) < 4.78 is 0. The van der Waals surface area contributed by atoms with Gasteiger partial charge in [0.1, 0.15) is 0 Å². The molecule has 2 nitrogen and oxygen atoms in total. The van der Waals surface area contributed by atoms with E-state index >= 15 is 0 Å². The largest absolute Gasteiger partial charge is 0.353 e. The predicted octanol–water partition coefficient (Wildman–Crippen LogP) is 2.89. The number of carbonyl (C=O) groups is 1. The number of amides is 1. The maximum atomic E-state index is 12.3. The number of carbonyl (C=O) groups excluding carboxylic acids is 1. The van der Waals surface area contributed by atoms with Gasteiger partial charge in [-0.1, -0.05) is 31.9 Å². The lowest BCUT2D eigenvalue weighted by Crippen LogP contribution is -2.44. The second-order valence-corrected chi connectivity index (χ2v) is 6.26. The van der Waals surface area contributed by atoms with Gasteiger partial charge in [0, 0.05) is 12.0 Å². The fourth-order valence-corrected chi connectivity index (χ4v) is 3.90. The van der Waals surface area contributed by atoms with E-state index in [9.17, 15) is 4.79 Å². The van der Waals surface area contributed by atoms with Crippen LogP contribution in [0.3, 0.4) is 0 Å². The highest BCUT2D eigenvalue weighted by Gasteiger charge is 2.40. The maximum Gasteiger partial charge on any atom is 0.223 e. The third-order valence-corrected chi connectivity index (χ3v) is 5.05. The van der Waals surface area contributed by atoms with Crippen molar-refractivity contribution in [3.63, 3.8) is 0 Å². The molecule has 5 atom stereocenters. The molecule has 3 aliphatic rings. The van der Waals surface area contributed by atoms with Crippen molar-refractivity contribution in [1.29, 1.82) is 0 Å². The molecule has 0 heterocycles. The van der Waals surface area contributed by atoms with Gasteiger partial charge in [0.05, 0.1) is 0 Å². The molecule has 0 aromatic rings. The van der Waals surface area contributed by atoms with E-state index in [1.807, 2.05) is 0 Å². The van der Waals surface area contributed by atoms with Crippen molar-refractivity contribution in [2.45, 2.75) is 51.5 Å². The molecule has 0 saturated heterocycles. The smallest absolute Gasteiger partial charge is 0.223 e. The highest BCUT2D eigenvalue weighted by Crippen LogP contribution is 2.43. The van der Waals surface area contributed by atoms with Gasteiger partial charge in [-0.3, -0.25) is 4.79 Å². The number of allylic oxidation sites excluding steroid dienone is 2. The Morgan fingerprint density at radius 2 is 2.00 bits per heavy atom. The van der Waals surface area contributed by atoms with Gasteiger partial charge in [0.15, 0.2) is 0 Å². The summed E-state index contributed by atoms with van der Waals surface area (Å²) >= 11 is 0. The predicted molar refractivity (Wildman–Crippen MR) is 68.4 cm³/mol. The van der Waals surface area contributed by atoms with E-state index in [1.165, 1.54) is 32.1 Å². The molecular formula is C15H23NO. The number of hydrogen-bond acceptors (Lipinski definition) is 1. The Hall–Kier alpha value is -0.790. The van der Waals surface area contributed by atoms with Crippen LogP contribution in [-0.4, -0.2) is 11.9 Å². The summed E-state index contributed by atoms with van der Waals surface area (Å²) in [6.07, 6.45) is 12.0. The molecule has 1 N–H and O–H groups in total. The molecule has 3 aliphatic carbocycles. The summed E-state index contributed by atoms with van der Waals surface area (Å²) in [6.45, 7) is 2.28. The molecule has 0 aromatic heterocycles. The lowest BCUT2D eigenvalue weighted by Gasteiger charge is -2.31. The zero-order valence-corrected chi connectivity index (χ0v) is 10.7. The van der Waals surface area contributed by atoms with E-state index in [-0.39, 0.29) is 5.92 Å². The summed E-state index contributed by atoms with van der Waals surface area (Å²) in [5.74, 6) is 2.51. The van der Waals surface area contributed by atoms with Crippen LogP contribution in [0.1, 0.15) is 45.4 Å². The molecular weight excluding hydrogens is 210 g/mol. The van der Waals surface area contributed by atoms with E-state index in [4.69, 9.17) is 0 Å². The summed E-state index contributed by atoms with van der Waals surface area (Å²) in [6, 6.07) is 0.444. The van der Waals surface area contributed by atoms with Crippen molar-refractivity contribution in [2.24, 2.45) is 23.7 Å². The standard InChI is InChI=1S/C15H23NO/c1-10-4-2-3-5-14(10)16-15(17)13-9-11-6-7-12(13)8-11/h6-7,10-14H,2-5,8-9H2,1H3,(H,16,17). The summed E-state index contributed by atoms with van der Waals surface area (Å²) in [7, 11) is 0. The molecule has 0 aromatic carbocycles. The van der Waals surface area contributed by atoms with Crippen molar-refractivity contribution in [2.75, 3.05) is 0 Å². The Balaban J connectivity index is 1.58. The lowest BCUT2D eigenvalue weighted by atomic mass is 9.85. The summed E-state index contributed by atoms with van der Waals surface area (Å²) in [5, 5.41) is 3.32. The van der Waals surface area contributed by atoms with Crippen LogP contribution in [0.4, 0.5) is 0 Å². The minimum atomic E-state index is 0.277. The number of fused-ring (bicyclic) bond motifs is 2. The Labute approximate surface area is 104 Å². The molecule has 2 heteroatoms. The summed E-state index contributed by atoms with van der Waals surface area (Å²) in [4.78, 5) is 12.3. The average Bonchev–Trinajstić information content (AvgIpc) is 2.94. The maximum absolute atomic E-state index is 12.3. The third-order valence-electron chi connectivity index (χ3n) is 5.05. The molecule has 94 valence electrons. The first kappa shape index (κ1) is 11.3. The van der Waals surface area contributed by atoms with Gasteiger partial charge in [0.2, 0.25) is 5.91 Å². The monoisotopic (exact) mass is 233 g/mol. The molecule has 0 aliphatic heterocycles. The number of hydrogen-bond donors (Lipinski definition) is 1. The normalized spacial score (nSPS) is 43.9. The molecule has 5 unspecified atom stereocenters. The van der Waals surface area contributed by atoms with Crippen LogP contribution in [0.25, 0.3) is 0 Å². The van der Waals surface area contributed by atoms with Crippen LogP contribution in [0.15, 0.2) is 12.2 Å². The van der Waals surface area contributed by atoms with Gasteiger partial charge in [-0.25, -0.2) is 0 Å². The molecule has 0 spiro atoms. The number of nitrogens with one attached hydrogen (secondary N) is 1. The Kier molecular flexibility index (Phi) is 2.97. The first-order chi connectivity index (χ1) is 8.24. The van der Waals surface area contributed by atoms with Gasteiger partial charge in [0.25, 0.3) is 0 Å². The summed E-state index contributed by atoms with van der Waals surface area (Å²) in [5.41, 5.74) is 0. The van der Waals surface area contributed by atoms with Crippen molar-refractivity contribution in [1.82, 2.24) is 5.32 Å². The van der Waals surface area contributed by atoms with E-state index in [2.05, 4.69) is 24.4 Å².